The lowest BCUT2D eigenvalue weighted by atomic mass is 10.2. The van der Waals surface area contributed by atoms with Crippen LogP contribution in [0.15, 0.2) is 48.5 Å². The summed E-state index contributed by atoms with van der Waals surface area (Å²) in [6.45, 7) is 2.88. The summed E-state index contributed by atoms with van der Waals surface area (Å²) in [7, 11) is 0. The molecule has 2 N–H and O–H groups in total. The molecular formula is C20H20N4O3. The van der Waals surface area contributed by atoms with E-state index in [9.17, 15) is 4.79 Å². The zero-order valence-electron chi connectivity index (χ0n) is 14.9. The smallest absolute Gasteiger partial charge is 0.318 e. The van der Waals surface area contributed by atoms with Gasteiger partial charge in [0.2, 0.25) is 0 Å². The second-order valence-electron chi connectivity index (χ2n) is 7.04. The molecule has 3 aromatic rings. The highest BCUT2D eigenvalue weighted by Crippen LogP contribution is 2.42. The van der Waals surface area contributed by atoms with Crippen LogP contribution in [0.5, 0.6) is 11.5 Å². The van der Waals surface area contributed by atoms with Crippen molar-refractivity contribution in [2.45, 2.75) is 25.2 Å². The van der Waals surface area contributed by atoms with Gasteiger partial charge in [-0.15, -0.1) is 0 Å². The van der Waals surface area contributed by atoms with Crippen LogP contribution in [0.25, 0.3) is 11.0 Å². The van der Waals surface area contributed by atoms with Crippen LogP contribution in [0.3, 0.4) is 0 Å². The van der Waals surface area contributed by atoms with Crippen molar-refractivity contribution >= 4 is 17.1 Å². The number of aromatic nitrogens is 2. The van der Waals surface area contributed by atoms with E-state index in [1.54, 1.807) is 4.90 Å². The minimum Gasteiger partial charge on any atom is -0.447 e. The standard InChI is InChI=1S/C20H20N4O3/c1-13(18-22-14-6-2-3-7-15(14)23-18)21-19(25)24-11-10-20(12-24)26-16-8-4-5-9-17(16)27-20/h2-9,13H,10-12H2,1H3,(H,21,25)(H,22,23)/t13-/m0/s1. The number of benzene rings is 2. The fourth-order valence-corrected chi connectivity index (χ4v) is 3.66. The average molecular weight is 364 g/mol. The number of hydrogen-bond donors (Lipinski definition) is 2. The van der Waals surface area contributed by atoms with E-state index in [2.05, 4.69) is 15.3 Å². The molecule has 2 aliphatic heterocycles. The maximum Gasteiger partial charge on any atom is 0.318 e. The number of nitrogens with one attached hydrogen (secondary N) is 2. The second-order valence-corrected chi connectivity index (χ2v) is 7.04. The first-order valence-electron chi connectivity index (χ1n) is 9.09. The highest BCUT2D eigenvalue weighted by atomic mass is 16.7. The summed E-state index contributed by atoms with van der Waals surface area (Å²) >= 11 is 0. The Labute approximate surface area is 156 Å². The van der Waals surface area contributed by atoms with Gasteiger partial charge < -0.3 is 24.7 Å². The minimum atomic E-state index is -0.774. The van der Waals surface area contributed by atoms with Crippen molar-refractivity contribution in [3.63, 3.8) is 0 Å². The first-order valence-corrected chi connectivity index (χ1v) is 9.09. The zero-order chi connectivity index (χ0) is 18.4. The Kier molecular flexibility index (Phi) is 3.50. The summed E-state index contributed by atoms with van der Waals surface area (Å²) in [5, 5.41) is 3.01. The molecule has 138 valence electrons. The molecule has 7 heteroatoms. The van der Waals surface area contributed by atoms with Gasteiger partial charge in [0.25, 0.3) is 5.79 Å². The van der Waals surface area contributed by atoms with Crippen LogP contribution in [0, 0.1) is 0 Å². The van der Waals surface area contributed by atoms with Crippen LogP contribution in [0.2, 0.25) is 0 Å². The van der Waals surface area contributed by atoms with E-state index >= 15 is 0 Å². The third-order valence-corrected chi connectivity index (χ3v) is 5.08. The van der Waals surface area contributed by atoms with E-state index in [0.717, 1.165) is 28.4 Å². The summed E-state index contributed by atoms with van der Waals surface area (Å²) in [5.41, 5.74) is 1.85. The van der Waals surface area contributed by atoms with Crippen molar-refractivity contribution in [2.75, 3.05) is 13.1 Å². The third-order valence-electron chi connectivity index (χ3n) is 5.08. The predicted molar refractivity (Wildman–Crippen MR) is 99.7 cm³/mol. The van der Waals surface area contributed by atoms with Gasteiger partial charge in [-0.05, 0) is 31.2 Å². The van der Waals surface area contributed by atoms with Crippen molar-refractivity contribution in [1.29, 1.82) is 0 Å². The van der Waals surface area contributed by atoms with Gasteiger partial charge in [-0.25, -0.2) is 9.78 Å². The largest absolute Gasteiger partial charge is 0.447 e. The normalized spacial score (nSPS) is 18.2. The molecule has 1 fully saturated rings. The van der Waals surface area contributed by atoms with Crippen LogP contribution in [-0.4, -0.2) is 39.8 Å². The number of carbonyl (C=O) groups excluding carboxylic acids is 1. The molecule has 1 aromatic heterocycles. The molecule has 27 heavy (non-hydrogen) atoms. The quantitative estimate of drug-likeness (QED) is 0.732. The minimum absolute atomic E-state index is 0.150. The van der Waals surface area contributed by atoms with Gasteiger partial charge in [-0.2, -0.15) is 0 Å². The molecule has 1 spiro atoms. The number of nitrogens with zero attached hydrogens (tertiary/aromatic N) is 2. The molecule has 0 aliphatic carbocycles. The van der Waals surface area contributed by atoms with Crippen molar-refractivity contribution in [1.82, 2.24) is 20.2 Å². The Morgan fingerprint density at radius 2 is 1.89 bits per heavy atom. The number of rotatable bonds is 2. The van der Waals surface area contributed by atoms with Crippen molar-refractivity contribution in [3.05, 3.63) is 54.4 Å². The van der Waals surface area contributed by atoms with Gasteiger partial charge in [0.1, 0.15) is 5.82 Å². The number of likely N-dealkylation sites (tertiary alicyclic amines) is 1. The lowest BCUT2D eigenvalue weighted by Gasteiger charge is -2.24. The monoisotopic (exact) mass is 364 g/mol. The molecule has 0 saturated carbocycles. The van der Waals surface area contributed by atoms with Crippen molar-refractivity contribution < 1.29 is 14.3 Å². The molecular weight excluding hydrogens is 344 g/mol. The summed E-state index contributed by atoms with van der Waals surface area (Å²) in [4.78, 5) is 22.3. The average Bonchev–Trinajstić information content (AvgIpc) is 3.37. The van der Waals surface area contributed by atoms with Gasteiger partial charge in [0, 0.05) is 13.0 Å². The molecule has 2 aromatic carbocycles. The van der Waals surface area contributed by atoms with E-state index in [0.29, 0.717) is 19.5 Å². The number of ether oxygens (including phenoxy) is 2. The molecule has 0 bridgehead atoms. The fourth-order valence-electron chi connectivity index (χ4n) is 3.66. The first-order chi connectivity index (χ1) is 13.1. The Morgan fingerprint density at radius 3 is 2.63 bits per heavy atom. The van der Waals surface area contributed by atoms with E-state index in [1.165, 1.54) is 0 Å². The van der Waals surface area contributed by atoms with Gasteiger partial charge in [-0.1, -0.05) is 24.3 Å². The second kappa shape index (κ2) is 5.90. The number of amides is 2. The van der Waals surface area contributed by atoms with E-state index in [1.807, 2.05) is 55.5 Å². The van der Waals surface area contributed by atoms with Crippen LogP contribution >= 0.6 is 0 Å². The van der Waals surface area contributed by atoms with Gasteiger partial charge in [0.05, 0.1) is 23.6 Å². The topological polar surface area (TPSA) is 79.5 Å². The fraction of sp³-hybridized carbons (Fsp3) is 0.300. The maximum atomic E-state index is 12.7. The Balaban J connectivity index is 1.26. The molecule has 0 radical (unpaired) electrons. The maximum absolute atomic E-state index is 12.7. The molecule has 1 saturated heterocycles. The number of aromatic amines is 1. The summed E-state index contributed by atoms with van der Waals surface area (Å²) in [5.74, 6) is 1.42. The molecule has 2 aliphatic rings. The Bertz CT molecular complexity index is 957. The number of H-pyrrole nitrogens is 1. The van der Waals surface area contributed by atoms with E-state index in [4.69, 9.17) is 9.47 Å². The summed E-state index contributed by atoms with van der Waals surface area (Å²) in [6.07, 6.45) is 0.633. The molecule has 7 nitrogen and oxygen atoms in total. The van der Waals surface area contributed by atoms with Crippen LogP contribution < -0.4 is 14.8 Å². The lowest BCUT2D eigenvalue weighted by molar-refractivity contribution is -0.0650. The Morgan fingerprint density at radius 1 is 1.19 bits per heavy atom. The molecule has 2 amide bonds. The highest BCUT2D eigenvalue weighted by molar-refractivity contribution is 5.77. The number of fused-ring (bicyclic) bond motifs is 2. The van der Waals surface area contributed by atoms with Gasteiger partial charge >= 0.3 is 6.03 Å². The molecule has 3 heterocycles. The van der Waals surface area contributed by atoms with E-state index < -0.39 is 5.79 Å². The predicted octanol–water partition coefficient (Wildman–Crippen LogP) is 3.21. The van der Waals surface area contributed by atoms with Crippen LogP contribution in [0.4, 0.5) is 4.79 Å². The van der Waals surface area contributed by atoms with Crippen molar-refractivity contribution in [3.8, 4) is 11.5 Å². The Hall–Kier alpha value is -3.22. The highest BCUT2D eigenvalue weighted by Gasteiger charge is 2.48. The van der Waals surface area contributed by atoms with Crippen LogP contribution in [-0.2, 0) is 0 Å². The first kappa shape index (κ1) is 16.0. The molecule has 1 atom stereocenters. The summed E-state index contributed by atoms with van der Waals surface area (Å²) < 4.78 is 12.0. The third kappa shape index (κ3) is 2.75. The van der Waals surface area contributed by atoms with Crippen LogP contribution in [0.1, 0.15) is 25.2 Å². The lowest BCUT2D eigenvalue weighted by Crippen LogP contribution is -2.46. The number of para-hydroxylation sites is 4. The zero-order valence-corrected chi connectivity index (χ0v) is 14.9. The molecule has 5 rings (SSSR count). The number of hydrogen-bond acceptors (Lipinski definition) is 4. The number of urea groups is 1. The van der Waals surface area contributed by atoms with E-state index in [-0.39, 0.29) is 12.1 Å². The summed E-state index contributed by atoms with van der Waals surface area (Å²) in [6, 6.07) is 15.0. The number of carbonyl (C=O) groups is 1. The van der Waals surface area contributed by atoms with Gasteiger partial charge in [-0.3, -0.25) is 0 Å². The van der Waals surface area contributed by atoms with Gasteiger partial charge in [0.15, 0.2) is 11.5 Å². The van der Waals surface area contributed by atoms with Crippen molar-refractivity contribution in [2.24, 2.45) is 0 Å². The SMILES string of the molecule is C[C@H](NC(=O)N1CCC2(C1)Oc1ccccc1O2)c1nc2ccccc2[nH]1. The number of imidazole rings is 1. The molecule has 0 unspecified atom stereocenters.